The lowest BCUT2D eigenvalue weighted by Crippen LogP contribution is -2.38. The minimum absolute atomic E-state index is 0.851. The third-order valence-corrected chi connectivity index (χ3v) is 2.82. The summed E-state index contributed by atoms with van der Waals surface area (Å²) >= 11 is 0. The molecule has 1 aromatic carbocycles. The fourth-order valence-corrected chi connectivity index (χ4v) is 1.84. The Kier molecular flexibility index (Phi) is 3.81. The van der Waals surface area contributed by atoms with Crippen LogP contribution in [0, 0.1) is 0 Å². The van der Waals surface area contributed by atoms with E-state index in [2.05, 4.69) is 46.5 Å². The van der Waals surface area contributed by atoms with Crippen molar-refractivity contribution >= 4 is 5.96 Å². The normalized spacial score (nSPS) is 16.6. The van der Waals surface area contributed by atoms with Crippen molar-refractivity contribution < 1.29 is 0 Å². The zero-order valence-corrected chi connectivity index (χ0v) is 9.82. The highest BCUT2D eigenvalue weighted by Crippen LogP contribution is 2.02. The summed E-state index contributed by atoms with van der Waals surface area (Å²) in [7, 11) is 2.10. The number of hydrogen-bond donors (Lipinski definition) is 1. The SMILES string of the molecule is CN1CCCCN=C1NCc1ccccc1. The molecule has 0 saturated heterocycles. The lowest BCUT2D eigenvalue weighted by molar-refractivity contribution is 0.478. The number of rotatable bonds is 2. The lowest BCUT2D eigenvalue weighted by Gasteiger charge is -2.20. The standard InChI is InChI=1S/C13H19N3/c1-16-10-6-5-9-14-13(16)15-11-12-7-3-2-4-8-12/h2-4,7-8H,5-6,9-11H2,1H3,(H,14,15). The van der Waals surface area contributed by atoms with Crippen molar-refractivity contribution in [2.24, 2.45) is 4.99 Å². The number of benzene rings is 1. The molecule has 0 unspecified atom stereocenters. The summed E-state index contributed by atoms with van der Waals surface area (Å²) in [5.74, 6) is 1.03. The number of guanidine groups is 1. The van der Waals surface area contributed by atoms with Gasteiger partial charge in [0.25, 0.3) is 0 Å². The highest BCUT2D eigenvalue weighted by atomic mass is 15.3. The van der Waals surface area contributed by atoms with Gasteiger partial charge in [-0.1, -0.05) is 30.3 Å². The second-order valence-electron chi connectivity index (χ2n) is 4.17. The van der Waals surface area contributed by atoms with Gasteiger partial charge in [-0.2, -0.15) is 0 Å². The maximum atomic E-state index is 4.55. The predicted molar refractivity (Wildman–Crippen MR) is 67.4 cm³/mol. The van der Waals surface area contributed by atoms with Gasteiger partial charge >= 0.3 is 0 Å². The Bertz CT molecular complexity index is 345. The van der Waals surface area contributed by atoms with E-state index in [1.54, 1.807) is 0 Å². The van der Waals surface area contributed by atoms with Crippen LogP contribution in [0.1, 0.15) is 18.4 Å². The lowest BCUT2D eigenvalue weighted by atomic mass is 10.2. The van der Waals surface area contributed by atoms with Crippen LogP contribution in [0.3, 0.4) is 0 Å². The van der Waals surface area contributed by atoms with Crippen LogP contribution < -0.4 is 5.32 Å². The summed E-state index contributed by atoms with van der Waals surface area (Å²) in [5, 5.41) is 3.40. The first-order valence-corrected chi connectivity index (χ1v) is 5.89. The average Bonchev–Trinajstić information content (AvgIpc) is 2.53. The van der Waals surface area contributed by atoms with Crippen molar-refractivity contribution in [3.8, 4) is 0 Å². The molecular formula is C13H19N3. The first-order valence-electron chi connectivity index (χ1n) is 5.89. The molecule has 3 heteroatoms. The maximum absolute atomic E-state index is 4.55. The Morgan fingerprint density at radius 3 is 2.88 bits per heavy atom. The second-order valence-corrected chi connectivity index (χ2v) is 4.17. The Morgan fingerprint density at radius 1 is 1.25 bits per heavy atom. The van der Waals surface area contributed by atoms with Gasteiger partial charge in [-0.3, -0.25) is 4.99 Å². The van der Waals surface area contributed by atoms with E-state index in [9.17, 15) is 0 Å². The highest BCUT2D eigenvalue weighted by Gasteiger charge is 2.08. The Labute approximate surface area is 97.2 Å². The fraction of sp³-hybridized carbons (Fsp3) is 0.462. The molecule has 1 aliphatic rings. The molecule has 0 radical (unpaired) electrons. The Morgan fingerprint density at radius 2 is 2.06 bits per heavy atom. The third-order valence-electron chi connectivity index (χ3n) is 2.82. The van der Waals surface area contributed by atoms with E-state index in [4.69, 9.17) is 0 Å². The molecule has 0 aliphatic carbocycles. The number of nitrogens with zero attached hydrogens (tertiary/aromatic N) is 2. The molecule has 0 atom stereocenters. The molecular weight excluding hydrogens is 198 g/mol. The van der Waals surface area contributed by atoms with Gasteiger partial charge in [0.05, 0.1) is 0 Å². The monoisotopic (exact) mass is 217 g/mol. The van der Waals surface area contributed by atoms with Gasteiger partial charge in [0, 0.05) is 26.7 Å². The molecule has 0 fully saturated rings. The molecule has 0 amide bonds. The van der Waals surface area contributed by atoms with E-state index in [1.165, 1.54) is 18.4 Å². The Hall–Kier alpha value is -1.51. The van der Waals surface area contributed by atoms with E-state index in [1.807, 2.05) is 6.07 Å². The molecule has 1 aliphatic heterocycles. The van der Waals surface area contributed by atoms with Crippen LogP contribution in [-0.2, 0) is 6.54 Å². The minimum atomic E-state index is 0.851. The van der Waals surface area contributed by atoms with Crippen molar-refractivity contribution in [3.63, 3.8) is 0 Å². The largest absolute Gasteiger partial charge is 0.352 e. The predicted octanol–water partition coefficient (Wildman–Crippen LogP) is 1.86. The van der Waals surface area contributed by atoms with E-state index >= 15 is 0 Å². The van der Waals surface area contributed by atoms with Crippen molar-refractivity contribution in [1.82, 2.24) is 10.2 Å². The van der Waals surface area contributed by atoms with Gasteiger partial charge < -0.3 is 10.2 Å². The molecule has 16 heavy (non-hydrogen) atoms. The van der Waals surface area contributed by atoms with E-state index < -0.39 is 0 Å². The minimum Gasteiger partial charge on any atom is -0.352 e. The van der Waals surface area contributed by atoms with E-state index in [0.29, 0.717) is 0 Å². The quantitative estimate of drug-likeness (QED) is 0.819. The van der Waals surface area contributed by atoms with Crippen LogP contribution in [0.25, 0.3) is 0 Å². The first-order chi connectivity index (χ1) is 7.86. The Balaban J connectivity index is 1.91. The van der Waals surface area contributed by atoms with Gasteiger partial charge in [-0.15, -0.1) is 0 Å². The van der Waals surface area contributed by atoms with Crippen molar-refractivity contribution in [3.05, 3.63) is 35.9 Å². The molecule has 86 valence electrons. The van der Waals surface area contributed by atoms with Crippen molar-refractivity contribution in [1.29, 1.82) is 0 Å². The third kappa shape index (κ3) is 2.99. The summed E-state index contributed by atoms with van der Waals surface area (Å²) in [6.07, 6.45) is 2.43. The molecule has 3 nitrogen and oxygen atoms in total. The van der Waals surface area contributed by atoms with Crippen LogP contribution in [0.4, 0.5) is 0 Å². The number of hydrogen-bond acceptors (Lipinski definition) is 3. The molecule has 0 saturated carbocycles. The van der Waals surface area contributed by atoms with Crippen LogP contribution in [0.5, 0.6) is 0 Å². The first kappa shape index (κ1) is 11.0. The summed E-state index contributed by atoms with van der Waals surface area (Å²) in [6.45, 7) is 2.89. The van der Waals surface area contributed by atoms with E-state index in [-0.39, 0.29) is 0 Å². The van der Waals surface area contributed by atoms with Crippen molar-refractivity contribution in [2.45, 2.75) is 19.4 Å². The van der Waals surface area contributed by atoms with Gasteiger partial charge in [0.2, 0.25) is 0 Å². The molecule has 0 bridgehead atoms. The smallest absolute Gasteiger partial charge is 0.193 e. The maximum Gasteiger partial charge on any atom is 0.193 e. The number of aliphatic imine (C=N–C) groups is 1. The summed E-state index contributed by atoms with van der Waals surface area (Å²) in [6, 6.07) is 10.4. The van der Waals surface area contributed by atoms with Crippen LogP contribution >= 0.6 is 0 Å². The number of nitrogens with one attached hydrogen (secondary N) is 1. The summed E-state index contributed by atoms with van der Waals surface area (Å²) in [4.78, 5) is 6.76. The zero-order valence-electron chi connectivity index (χ0n) is 9.82. The van der Waals surface area contributed by atoms with Crippen LogP contribution in [0.2, 0.25) is 0 Å². The molecule has 0 spiro atoms. The van der Waals surface area contributed by atoms with E-state index in [0.717, 1.165) is 25.6 Å². The second kappa shape index (κ2) is 5.54. The highest BCUT2D eigenvalue weighted by molar-refractivity contribution is 5.79. The zero-order chi connectivity index (χ0) is 11.2. The topological polar surface area (TPSA) is 27.6 Å². The fourth-order valence-electron chi connectivity index (χ4n) is 1.84. The van der Waals surface area contributed by atoms with Crippen LogP contribution in [0.15, 0.2) is 35.3 Å². The van der Waals surface area contributed by atoms with Crippen molar-refractivity contribution in [2.75, 3.05) is 20.1 Å². The molecule has 1 aromatic rings. The van der Waals surface area contributed by atoms with Gasteiger partial charge in [-0.05, 0) is 18.4 Å². The molecule has 0 aromatic heterocycles. The molecule has 2 rings (SSSR count). The molecule has 1 N–H and O–H groups in total. The summed E-state index contributed by atoms with van der Waals surface area (Å²) < 4.78 is 0. The van der Waals surface area contributed by atoms with Gasteiger partial charge in [0.1, 0.15) is 0 Å². The van der Waals surface area contributed by atoms with Crippen LogP contribution in [-0.4, -0.2) is 31.0 Å². The van der Waals surface area contributed by atoms with Gasteiger partial charge in [0.15, 0.2) is 5.96 Å². The average molecular weight is 217 g/mol. The molecule has 1 heterocycles. The summed E-state index contributed by atoms with van der Waals surface area (Å²) in [5.41, 5.74) is 1.29. The van der Waals surface area contributed by atoms with Gasteiger partial charge in [-0.25, -0.2) is 0 Å².